The monoisotopic (exact) mass is 588 g/mol. The van der Waals surface area contributed by atoms with Gasteiger partial charge in [0.2, 0.25) is 5.95 Å². The molecule has 0 saturated heterocycles. The summed E-state index contributed by atoms with van der Waals surface area (Å²) in [4.78, 5) is 20.3. The number of urea groups is 1. The highest BCUT2D eigenvalue weighted by molar-refractivity contribution is 7.86. The maximum absolute atomic E-state index is 13.0. The van der Waals surface area contributed by atoms with E-state index >= 15 is 0 Å². The average molecular weight is 589 g/mol. The molecule has 202 valence electrons. The van der Waals surface area contributed by atoms with E-state index in [4.69, 9.17) is 34.7 Å². The molecule has 0 radical (unpaired) electrons. The van der Waals surface area contributed by atoms with Crippen LogP contribution in [-0.2, 0) is 29.6 Å². The zero-order valence-corrected chi connectivity index (χ0v) is 22.6. The lowest BCUT2D eigenvalue weighted by molar-refractivity contribution is 0.251. The van der Waals surface area contributed by atoms with Crippen LogP contribution in [0, 0.1) is 0 Å². The highest BCUT2D eigenvalue weighted by Gasteiger charge is 2.16. The number of nitrogens with two attached hydrogens (primary N) is 2. The van der Waals surface area contributed by atoms with Crippen molar-refractivity contribution in [3.05, 3.63) is 93.6 Å². The van der Waals surface area contributed by atoms with Crippen LogP contribution >= 0.6 is 23.2 Å². The Kier molecular flexibility index (Phi) is 8.54. The minimum atomic E-state index is -4.80. The Morgan fingerprint density at radius 3 is 2.31 bits per heavy atom. The normalized spacial score (nSPS) is 11.3. The molecule has 39 heavy (non-hydrogen) atoms. The topological polar surface area (TPSA) is 153 Å². The molecule has 0 atom stereocenters. The lowest BCUT2D eigenvalue weighted by Gasteiger charge is -2.13. The van der Waals surface area contributed by atoms with Crippen LogP contribution in [0.25, 0.3) is 11.1 Å². The van der Waals surface area contributed by atoms with E-state index in [9.17, 15) is 17.1 Å². The van der Waals surface area contributed by atoms with Gasteiger partial charge in [-0.15, -0.1) is 3.89 Å². The van der Waals surface area contributed by atoms with Gasteiger partial charge in [-0.05, 0) is 65.9 Å². The van der Waals surface area contributed by atoms with E-state index in [1.807, 2.05) is 24.3 Å². The number of carbonyl (C=O) groups excluding carboxylic acids is 1. The Morgan fingerprint density at radius 1 is 0.897 bits per heavy atom. The summed E-state index contributed by atoms with van der Waals surface area (Å²) in [6, 6.07) is 17.0. The highest BCUT2D eigenvalue weighted by atomic mass is 35.5. The van der Waals surface area contributed by atoms with E-state index in [1.165, 1.54) is 12.1 Å². The van der Waals surface area contributed by atoms with Crippen molar-refractivity contribution < 1.29 is 17.1 Å². The number of amides is 2. The van der Waals surface area contributed by atoms with E-state index in [0.717, 1.165) is 28.8 Å². The van der Waals surface area contributed by atoms with Crippen molar-refractivity contribution in [3.63, 3.8) is 0 Å². The fourth-order valence-corrected chi connectivity index (χ4v) is 4.67. The molecule has 0 fully saturated rings. The molecular weight excluding hydrogens is 566 g/mol. The summed E-state index contributed by atoms with van der Waals surface area (Å²) in [7, 11) is -4.80. The van der Waals surface area contributed by atoms with Crippen molar-refractivity contribution in [1.82, 2.24) is 15.3 Å². The van der Waals surface area contributed by atoms with Crippen molar-refractivity contribution in [2.24, 2.45) is 0 Å². The van der Waals surface area contributed by atoms with Gasteiger partial charge in [-0.1, -0.05) is 53.5 Å². The average Bonchev–Trinajstić information content (AvgIpc) is 2.88. The zero-order chi connectivity index (χ0) is 28.2. The number of hydrogen-bond acceptors (Lipinski definition) is 7. The number of halogens is 3. The van der Waals surface area contributed by atoms with E-state index in [1.54, 1.807) is 18.2 Å². The lowest BCUT2D eigenvalue weighted by Crippen LogP contribution is -2.28. The number of hydrogen-bond donors (Lipinski definition) is 4. The maximum Gasteiger partial charge on any atom is 0.332 e. The first-order chi connectivity index (χ1) is 18.5. The first kappa shape index (κ1) is 28.1. The van der Waals surface area contributed by atoms with Crippen LogP contribution in [0.2, 0.25) is 10.0 Å². The summed E-state index contributed by atoms with van der Waals surface area (Å²) in [5.74, 6) is 0.303. The standard InChI is InChI=1S/C26H23Cl2FN6O3S/c27-20-10-5-17(13-21(20)28)23-22(34-25(31)35-24(23)30)11-4-15-2-1-3-16(12-15)14-32-26(36)33-18-6-8-19(9-7-18)39(29,37)38/h1-3,5-10,12-13H,4,11,14H2,(H2,32,33,36)(H4,30,31,34,35). The van der Waals surface area contributed by atoms with Crippen LogP contribution in [0.1, 0.15) is 16.8 Å². The Labute approximate surface area is 234 Å². The number of nitrogens with one attached hydrogen (secondary N) is 2. The van der Waals surface area contributed by atoms with Gasteiger partial charge in [0.25, 0.3) is 0 Å². The van der Waals surface area contributed by atoms with Gasteiger partial charge in [0, 0.05) is 17.8 Å². The molecule has 0 bridgehead atoms. The number of nitrogens with zero attached hydrogens (tertiary/aromatic N) is 2. The van der Waals surface area contributed by atoms with Crippen molar-refractivity contribution in [2.75, 3.05) is 16.8 Å². The van der Waals surface area contributed by atoms with Gasteiger partial charge >= 0.3 is 16.3 Å². The summed E-state index contributed by atoms with van der Waals surface area (Å²) in [5.41, 5.74) is 16.2. The molecule has 1 aromatic heterocycles. The molecule has 0 aliphatic carbocycles. The molecule has 4 rings (SSSR count). The first-order valence-electron chi connectivity index (χ1n) is 11.5. The van der Waals surface area contributed by atoms with Crippen LogP contribution < -0.4 is 22.1 Å². The van der Waals surface area contributed by atoms with Crippen LogP contribution in [0.5, 0.6) is 0 Å². The molecule has 0 aliphatic rings. The fraction of sp³-hybridized carbons (Fsp3) is 0.115. The zero-order valence-electron chi connectivity index (χ0n) is 20.3. The second-order valence-corrected chi connectivity index (χ2v) is 10.7. The van der Waals surface area contributed by atoms with Gasteiger partial charge in [0.1, 0.15) is 5.82 Å². The van der Waals surface area contributed by atoms with Crippen molar-refractivity contribution >= 4 is 56.9 Å². The highest BCUT2D eigenvalue weighted by Crippen LogP contribution is 2.33. The summed E-state index contributed by atoms with van der Waals surface area (Å²) in [6.07, 6.45) is 1.11. The van der Waals surface area contributed by atoms with Gasteiger partial charge < -0.3 is 22.1 Å². The fourth-order valence-electron chi connectivity index (χ4n) is 3.91. The van der Waals surface area contributed by atoms with Crippen LogP contribution in [-0.4, -0.2) is 24.4 Å². The second kappa shape index (κ2) is 11.9. The van der Waals surface area contributed by atoms with Gasteiger partial charge in [-0.2, -0.15) is 13.4 Å². The quantitative estimate of drug-likeness (QED) is 0.201. The van der Waals surface area contributed by atoms with Crippen molar-refractivity contribution in [1.29, 1.82) is 0 Å². The maximum atomic E-state index is 13.0. The van der Waals surface area contributed by atoms with E-state index in [-0.39, 0.29) is 18.3 Å². The van der Waals surface area contributed by atoms with Gasteiger partial charge in [0.15, 0.2) is 0 Å². The van der Waals surface area contributed by atoms with E-state index < -0.39 is 21.1 Å². The Balaban J connectivity index is 1.41. The SMILES string of the molecule is Nc1nc(N)c(-c2ccc(Cl)c(Cl)c2)c(CCc2cccc(CNC(=O)Nc3ccc(S(=O)(=O)F)cc3)c2)n1. The minimum Gasteiger partial charge on any atom is -0.383 e. The van der Waals surface area contributed by atoms with Crippen molar-refractivity contribution in [2.45, 2.75) is 24.3 Å². The molecule has 9 nitrogen and oxygen atoms in total. The third kappa shape index (κ3) is 7.34. The van der Waals surface area contributed by atoms with Gasteiger partial charge in [-0.3, -0.25) is 0 Å². The summed E-state index contributed by atoms with van der Waals surface area (Å²) in [6.45, 7) is 0.235. The lowest BCUT2D eigenvalue weighted by atomic mass is 9.99. The number of anilines is 3. The number of benzene rings is 3. The smallest absolute Gasteiger partial charge is 0.332 e. The molecular formula is C26H23Cl2FN6O3S. The van der Waals surface area contributed by atoms with Gasteiger partial charge in [-0.25, -0.2) is 9.78 Å². The van der Waals surface area contributed by atoms with E-state index in [2.05, 4.69) is 20.6 Å². The number of rotatable bonds is 8. The molecule has 0 spiro atoms. The molecule has 4 aromatic rings. The third-order valence-corrected chi connectivity index (χ3v) is 7.30. The third-order valence-electron chi connectivity index (χ3n) is 5.73. The number of aryl methyl sites for hydroxylation is 2. The number of carbonyl (C=O) groups is 1. The molecule has 2 amide bonds. The Morgan fingerprint density at radius 2 is 1.62 bits per heavy atom. The molecule has 0 saturated carbocycles. The molecule has 1 heterocycles. The van der Waals surface area contributed by atoms with Crippen LogP contribution in [0.15, 0.2) is 71.6 Å². The summed E-state index contributed by atoms with van der Waals surface area (Å²) < 4.78 is 34.9. The molecule has 0 aliphatic heterocycles. The largest absolute Gasteiger partial charge is 0.383 e. The number of aromatic nitrogens is 2. The molecule has 6 N–H and O–H groups in total. The molecule has 13 heteroatoms. The first-order valence-corrected chi connectivity index (χ1v) is 13.7. The van der Waals surface area contributed by atoms with Crippen LogP contribution in [0.3, 0.4) is 0 Å². The molecule has 3 aromatic carbocycles. The Hall–Kier alpha value is -3.93. The van der Waals surface area contributed by atoms with Crippen LogP contribution in [0.4, 0.5) is 26.1 Å². The Bertz CT molecular complexity index is 1640. The second-order valence-electron chi connectivity index (χ2n) is 8.51. The van der Waals surface area contributed by atoms with Gasteiger partial charge in [0.05, 0.1) is 20.6 Å². The number of nitrogen functional groups attached to an aromatic ring is 2. The minimum absolute atomic E-state index is 0.0660. The predicted molar refractivity (Wildman–Crippen MR) is 151 cm³/mol. The van der Waals surface area contributed by atoms with Crippen molar-refractivity contribution in [3.8, 4) is 11.1 Å². The summed E-state index contributed by atoms with van der Waals surface area (Å²) in [5, 5.41) is 6.10. The van der Waals surface area contributed by atoms with E-state index in [0.29, 0.717) is 39.8 Å². The molecule has 0 unspecified atom stereocenters. The summed E-state index contributed by atoms with van der Waals surface area (Å²) >= 11 is 12.3. The predicted octanol–water partition coefficient (Wildman–Crippen LogP) is 5.38.